The van der Waals surface area contributed by atoms with E-state index in [0.717, 1.165) is 55.8 Å². The molecule has 5 nitrogen and oxygen atoms in total. The van der Waals surface area contributed by atoms with E-state index in [-0.39, 0.29) is 5.56 Å². The van der Waals surface area contributed by atoms with Crippen molar-refractivity contribution in [3.05, 3.63) is 57.5 Å². The minimum atomic E-state index is -0.0537. The maximum absolute atomic E-state index is 12.4. The third-order valence-electron chi connectivity index (χ3n) is 4.53. The molecule has 0 aliphatic carbocycles. The lowest BCUT2D eigenvalue weighted by molar-refractivity contribution is 0.298. The van der Waals surface area contributed by atoms with Gasteiger partial charge in [0.25, 0.3) is 5.56 Å². The van der Waals surface area contributed by atoms with E-state index < -0.39 is 0 Å². The molecule has 2 aromatic rings. The van der Waals surface area contributed by atoms with Gasteiger partial charge in [0, 0.05) is 18.5 Å². The molecule has 0 unspecified atom stereocenters. The molecule has 0 radical (unpaired) electrons. The Bertz CT molecular complexity index is 693. The average molecular weight is 342 g/mol. The van der Waals surface area contributed by atoms with E-state index in [1.807, 2.05) is 37.3 Å². The Morgan fingerprint density at radius 3 is 2.48 bits per heavy atom. The van der Waals surface area contributed by atoms with E-state index >= 15 is 0 Å². The summed E-state index contributed by atoms with van der Waals surface area (Å²) in [5.41, 5.74) is 2.59. The van der Waals surface area contributed by atoms with Gasteiger partial charge in [-0.3, -0.25) is 9.78 Å². The second-order valence-electron chi connectivity index (χ2n) is 6.30. The van der Waals surface area contributed by atoms with Gasteiger partial charge < -0.3 is 10.2 Å². The molecule has 0 saturated heterocycles. The van der Waals surface area contributed by atoms with Gasteiger partial charge >= 0.3 is 0 Å². The Kier molecular flexibility index (Phi) is 7.67. The van der Waals surface area contributed by atoms with E-state index in [1.165, 1.54) is 0 Å². The number of aromatic amines is 1. The number of hydrogen-bond donors (Lipinski definition) is 2. The van der Waals surface area contributed by atoms with E-state index in [2.05, 4.69) is 34.0 Å². The molecule has 5 heteroatoms. The maximum Gasteiger partial charge on any atom is 0.256 e. The molecule has 0 atom stereocenters. The van der Waals surface area contributed by atoms with Crippen molar-refractivity contribution in [3.63, 3.8) is 0 Å². The monoisotopic (exact) mass is 342 g/mol. The highest BCUT2D eigenvalue weighted by Crippen LogP contribution is 2.09. The summed E-state index contributed by atoms with van der Waals surface area (Å²) in [5, 5.41) is 3.24. The fraction of sp³-hybridized carbons (Fsp3) is 0.500. The molecule has 0 aliphatic heterocycles. The highest BCUT2D eigenvalue weighted by Gasteiger charge is 2.09. The molecule has 0 bridgehead atoms. The van der Waals surface area contributed by atoms with E-state index in [4.69, 9.17) is 0 Å². The molecular weight excluding hydrogens is 312 g/mol. The zero-order valence-electron chi connectivity index (χ0n) is 15.6. The highest BCUT2D eigenvalue weighted by molar-refractivity contribution is 5.32. The number of rotatable bonds is 10. The summed E-state index contributed by atoms with van der Waals surface area (Å²) in [6.45, 7) is 10.4. The van der Waals surface area contributed by atoms with Crippen molar-refractivity contribution in [2.24, 2.45) is 0 Å². The molecule has 25 heavy (non-hydrogen) atoms. The lowest BCUT2D eigenvalue weighted by Gasteiger charge is -2.17. The SMILES string of the molecule is CCN(CC)CCCCNc1nc(C)c(Cc2ccccc2)c(=O)[nH]1. The summed E-state index contributed by atoms with van der Waals surface area (Å²) >= 11 is 0. The molecular formula is C20H30N4O. The molecule has 1 aromatic carbocycles. The molecule has 136 valence electrons. The number of benzene rings is 1. The van der Waals surface area contributed by atoms with Crippen LogP contribution in [0.2, 0.25) is 0 Å². The fourth-order valence-corrected chi connectivity index (χ4v) is 2.91. The quantitative estimate of drug-likeness (QED) is 0.651. The van der Waals surface area contributed by atoms with Crippen LogP contribution in [0, 0.1) is 6.92 Å². The normalized spacial score (nSPS) is 11.0. The van der Waals surface area contributed by atoms with Gasteiger partial charge in [0.15, 0.2) is 0 Å². The lowest BCUT2D eigenvalue weighted by atomic mass is 10.1. The number of aromatic nitrogens is 2. The molecule has 0 aliphatic rings. The summed E-state index contributed by atoms with van der Waals surface area (Å²) < 4.78 is 0. The van der Waals surface area contributed by atoms with Crippen molar-refractivity contribution in [2.75, 3.05) is 31.5 Å². The first-order valence-electron chi connectivity index (χ1n) is 9.24. The van der Waals surface area contributed by atoms with Crippen LogP contribution in [0.25, 0.3) is 0 Å². The summed E-state index contributed by atoms with van der Waals surface area (Å²) in [6.07, 6.45) is 2.81. The van der Waals surface area contributed by atoms with Crippen molar-refractivity contribution >= 4 is 5.95 Å². The Labute approximate surface area is 150 Å². The van der Waals surface area contributed by atoms with E-state index in [0.29, 0.717) is 12.4 Å². The van der Waals surface area contributed by atoms with Crippen LogP contribution in [0.5, 0.6) is 0 Å². The molecule has 1 heterocycles. The van der Waals surface area contributed by atoms with Crippen LogP contribution >= 0.6 is 0 Å². The second-order valence-corrected chi connectivity index (χ2v) is 6.30. The standard InChI is InChI=1S/C20H30N4O/c1-4-24(5-2)14-10-9-13-21-20-22-16(3)18(19(25)23-20)15-17-11-7-6-8-12-17/h6-8,11-12H,4-5,9-10,13-15H2,1-3H3,(H2,21,22,23,25). The van der Waals surface area contributed by atoms with E-state index in [9.17, 15) is 4.79 Å². The number of anilines is 1. The third-order valence-corrected chi connectivity index (χ3v) is 4.53. The van der Waals surface area contributed by atoms with Gasteiger partial charge in [-0.25, -0.2) is 4.98 Å². The number of H-pyrrole nitrogens is 1. The molecule has 0 spiro atoms. The zero-order chi connectivity index (χ0) is 18.1. The van der Waals surface area contributed by atoms with Crippen LogP contribution < -0.4 is 10.9 Å². The molecule has 0 fully saturated rings. The molecule has 1 aromatic heterocycles. The van der Waals surface area contributed by atoms with Gasteiger partial charge in [0.1, 0.15) is 0 Å². The number of aryl methyl sites for hydroxylation is 1. The molecule has 2 N–H and O–H groups in total. The maximum atomic E-state index is 12.4. The van der Waals surface area contributed by atoms with Crippen molar-refractivity contribution in [1.82, 2.24) is 14.9 Å². The number of hydrogen-bond acceptors (Lipinski definition) is 4. The number of unbranched alkanes of at least 4 members (excludes halogenated alkanes) is 1. The van der Waals surface area contributed by atoms with E-state index in [1.54, 1.807) is 0 Å². The Hall–Kier alpha value is -2.14. The summed E-state index contributed by atoms with van der Waals surface area (Å²) in [7, 11) is 0. The third kappa shape index (κ3) is 6.02. The van der Waals surface area contributed by atoms with Gasteiger partial charge in [-0.05, 0) is 45.0 Å². The van der Waals surface area contributed by atoms with Crippen LogP contribution in [-0.4, -0.2) is 41.0 Å². The number of nitrogens with one attached hydrogen (secondary N) is 2. The molecule has 0 saturated carbocycles. The minimum Gasteiger partial charge on any atom is -0.356 e. The van der Waals surface area contributed by atoms with Crippen LogP contribution in [-0.2, 0) is 6.42 Å². The fourth-order valence-electron chi connectivity index (χ4n) is 2.91. The Morgan fingerprint density at radius 2 is 1.84 bits per heavy atom. The highest BCUT2D eigenvalue weighted by atomic mass is 16.1. The van der Waals surface area contributed by atoms with Gasteiger partial charge in [-0.2, -0.15) is 0 Å². The molecule has 2 rings (SSSR count). The molecule has 0 amide bonds. The minimum absolute atomic E-state index is 0.0537. The van der Waals surface area contributed by atoms with Crippen LogP contribution in [0.15, 0.2) is 35.1 Å². The van der Waals surface area contributed by atoms with Gasteiger partial charge in [-0.15, -0.1) is 0 Å². The first-order chi connectivity index (χ1) is 12.1. The smallest absolute Gasteiger partial charge is 0.256 e. The van der Waals surface area contributed by atoms with Crippen molar-refractivity contribution < 1.29 is 0 Å². The summed E-state index contributed by atoms with van der Waals surface area (Å²) in [5.74, 6) is 0.571. The van der Waals surface area contributed by atoms with Gasteiger partial charge in [0.05, 0.1) is 5.69 Å². The zero-order valence-corrected chi connectivity index (χ0v) is 15.6. The topological polar surface area (TPSA) is 61.0 Å². The first kappa shape index (κ1) is 19.2. The van der Waals surface area contributed by atoms with Gasteiger partial charge in [0.2, 0.25) is 5.95 Å². The predicted octanol–water partition coefficient (Wildman–Crippen LogP) is 3.20. The van der Waals surface area contributed by atoms with Crippen molar-refractivity contribution in [1.29, 1.82) is 0 Å². The van der Waals surface area contributed by atoms with Crippen LogP contribution in [0.1, 0.15) is 43.5 Å². The summed E-state index contributed by atoms with van der Waals surface area (Å²) in [6, 6.07) is 10.0. The van der Waals surface area contributed by atoms with Crippen molar-refractivity contribution in [3.8, 4) is 0 Å². The first-order valence-corrected chi connectivity index (χ1v) is 9.24. The Morgan fingerprint density at radius 1 is 1.12 bits per heavy atom. The van der Waals surface area contributed by atoms with Crippen molar-refractivity contribution in [2.45, 2.75) is 40.0 Å². The van der Waals surface area contributed by atoms with Gasteiger partial charge in [-0.1, -0.05) is 44.2 Å². The largest absolute Gasteiger partial charge is 0.356 e. The Balaban J connectivity index is 1.88. The van der Waals surface area contributed by atoms with Crippen LogP contribution in [0.3, 0.4) is 0 Å². The lowest BCUT2D eigenvalue weighted by Crippen LogP contribution is -2.24. The second kappa shape index (κ2) is 9.99. The predicted molar refractivity (Wildman–Crippen MR) is 104 cm³/mol. The summed E-state index contributed by atoms with van der Waals surface area (Å²) in [4.78, 5) is 22.2. The van der Waals surface area contributed by atoms with Crippen LogP contribution in [0.4, 0.5) is 5.95 Å². The average Bonchev–Trinajstić information content (AvgIpc) is 2.62. The number of nitrogens with zero attached hydrogens (tertiary/aromatic N) is 2.